The fraction of sp³-hybridized carbons (Fsp3) is 1.00. The molecule has 0 fully saturated rings. The summed E-state index contributed by atoms with van der Waals surface area (Å²) in [7, 11) is 5.37. The van der Waals surface area contributed by atoms with Crippen molar-refractivity contribution < 1.29 is 26.6 Å². The maximum atomic E-state index is 5.17. The van der Waals surface area contributed by atoms with Gasteiger partial charge in [0.15, 0.2) is 0 Å². The van der Waals surface area contributed by atoms with Gasteiger partial charge in [-0.05, 0) is 0 Å². The number of rotatable bonds is 10. The van der Waals surface area contributed by atoms with Gasteiger partial charge in [0.2, 0.25) is 0 Å². The Morgan fingerprint density at radius 3 is 0.762 bits per heavy atom. The Morgan fingerprint density at radius 1 is 0.524 bits per heavy atom. The lowest BCUT2D eigenvalue weighted by atomic mass is 10.6. The van der Waals surface area contributed by atoms with Crippen molar-refractivity contribution in [2.24, 2.45) is 0 Å². The fourth-order valence-corrected chi connectivity index (χ4v) is 5.17. The average molecular weight is 346 g/mol. The fourth-order valence-electron chi connectivity index (χ4n) is 1.72. The molecule has 7 nitrogen and oxygen atoms in total. The SMILES string of the molecule is CCC[Si](OC)(OC)OC.CCC[Si](OC)(OC)OC.N. The lowest BCUT2D eigenvalue weighted by molar-refractivity contribution is 0.123. The molecular formula is C12H35NO6Si2. The normalized spacial score (nSPS) is 11.4. The van der Waals surface area contributed by atoms with Gasteiger partial charge in [-0.25, -0.2) is 0 Å². The molecule has 0 rings (SSSR count). The van der Waals surface area contributed by atoms with Crippen LogP contribution in [0.5, 0.6) is 0 Å². The lowest BCUT2D eigenvalue weighted by Crippen LogP contribution is -2.42. The zero-order valence-corrected chi connectivity index (χ0v) is 17.0. The minimum Gasteiger partial charge on any atom is -0.377 e. The summed E-state index contributed by atoms with van der Waals surface area (Å²) >= 11 is 0. The topological polar surface area (TPSA) is 90.4 Å². The van der Waals surface area contributed by atoms with Crippen LogP contribution in [0.4, 0.5) is 0 Å². The molecule has 0 saturated carbocycles. The molecule has 0 amide bonds. The Hall–Kier alpha value is 0.154. The van der Waals surface area contributed by atoms with Crippen LogP contribution in [-0.4, -0.2) is 60.3 Å². The zero-order chi connectivity index (χ0) is 16.1. The molecule has 0 heterocycles. The quantitative estimate of drug-likeness (QED) is 0.609. The molecule has 0 saturated heterocycles. The van der Waals surface area contributed by atoms with Crippen LogP contribution in [-0.2, 0) is 26.6 Å². The van der Waals surface area contributed by atoms with Gasteiger partial charge in [0.1, 0.15) is 0 Å². The van der Waals surface area contributed by atoms with E-state index in [1.165, 1.54) is 0 Å². The van der Waals surface area contributed by atoms with Crippen LogP contribution >= 0.6 is 0 Å². The third-order valence-corrected chi connectivity index (χ3v) is 8.94. The molecule has 0 aliphatic rings. The smallest absolute Gasteiger partial charge is 0.377 e. The first-order chi connectivity index (χ1) is 9.49. The van der Waals surface area contributed by atoms with E-state index < -0.39 is 17.6 Å². The van der Waals surface area contributed by atoms with Gasteiger partial charge in [0, 0.05) is 54.7 Å². The summed E-state index contributed by atoms with van der Waals surface area (Å²) in [5, 5.41) is 0. The molecule has 9 heteroatoms. The van der Waals surface area contributed by atoms with Crippen molar-refractivity contribution in [3.05, 3.63) is 0 Å². The van der Waals surface area contributed by atoms with E-state index in [0.717, 1.165) is 24.9 Å². The minimum absolute atomic E-state index is 0. The largest absolute Gasteiger partial charge is 0.500 e. The Labute approximate surface area is 132 Å². The molecule has 0 aliphatic carbocycles. The van der Waals surface area contributed by atoms with Crippen LogP contribution in [0, 0.1) is 0 Å². The highest BCUT2D eigenvalue weighted by molar-refractivity contribution is 6.60. The summed E-state index contributed by atoms with van der Waals surface area (Å²) in [6, 6.07) is 1.77. The summed E-state index contributed by atoms with van der Waals surface area (Å²) in [6.07, 6.45) is 2.06. The highest BCUT2D eigenvalue weighted by Gasteiger charge is 2.36. The van der Waals surface area contributed by atoms with Crippen molar-refractivity contribution in [2.75, 3.05) is 42.7 Å². The van der Waals surface area contributed by atoms with Gasteiger partial charge < -0.3 is 32.7 Å². The van der Waals surface area contributed by atoms with Crippen LogP contribution in [0.3, 0.4) is 0 Å². The summed E-state index contributed by atoms with van der Waals surface area (Å²) in [4.78, 5) is 0. The van der Waals surface area contributed by atoms with Gasteiger partial charge in [-0.2, -0.15) is 0 Å². The number of hydrogen-bond donors (Lipinski definition) is 1. The Bertz CT molecular complexity index is 177. The van der Waals surface area contributed by atoms with Crippen LogP contribution in [0.15, 0.2) is 0 Å². The van der Waals surface area contributed by atoms with E-state index in [9.17, 15) is 0 Å². The van der Waals surface area contributed by atoms with E-state index in [0.29, 0.717) is 0 Å². The first-order valence-corrected chi connectivity index (χ1v) is 10.7. The van der Waals surface area contributed by atoms with Crippen molar-refractivity contribution in [1.82, 2.24) is 6.15 Å². The molecule has 0 radical (unpaired) electrons. The molecule has 0 unspecified atom stereocenters. The number of hydrogen-bond acceptors (Lipinski definition) is 7. The molecule has 0 aromatic heterocycles. The second kappa shape index (κ2) is 15.1. The molecule has 0 bridgehead atoms. The highest BCUT2D eigenvalue weighted by atomic mass is 28.4. The second-order valence-corrected chi connectivity index (χ2v) is 10.3. The maximum Gasteiger partial charge on any atom is 0.500 e. The molecule has 132 valence electrons. The van der Waals surface area contributed by atoms with Crippen molar-refractivity contribution >= 4 is 17.6 Å². The molecule has 0 aliphatic heterocycles. The molecular weight excluding hydrogens is 310 g/mol. The lowest BCUT2D eigenvalue weighted by Gasteiger charge is -2.23. The highest BCUT2D eigenvalue weighted by Crippen LogP contribution is 2.14. The molecule has 0 aromatic carbocycles. The molecule has 0 atom stereocenters. The molecule has 3 N–H and O–H groups in total. The van der Waals surface area contributed by atoms with Crippen molar-refractivity contribution in [2.45, 2.75) is 38.8 Å². The van der Waals surface area contributed by atoms with Crippen molar-refractivity contribution in [3.63, 3.8) is 0 Å². The van der Waals surface area contributed by atoms with Gasteiger partial charge in [0.25, 0.3) is 0 Å². The van der Waals surface area contributed by atoms with Crippen LogP contribution in [0.1, 0.15) is 26.7 Å². The van der Waals surface area contributed by atoms with Crippen LogP contribution < -0.4 is 6.15 Å². The molecule has 0 spiro atoms. The summed E-state index contributed by atoms with van der Waals surface area (Å²) < 4.78 is 31.0. The van der Waals surface area contributed by atoms with Gasteiger partial charge in [-0.3, -0.25) is 0 Å². The molecule has 0 aromatic rings. The van der Waals surface area contributed by atoms with Gasteiger partial charge >= 0.3 is 17.6 Å². The van der Waals surface area contributed by atoms with E-state index in [4.69, 9.17) is 26.6 Å². The Kier molecular flexibility index (Phi) is 18.7. The zero-order valence-electron chi connectivity index (χ0n) is 15.0. The van der Waals surface area contributed by atoms with Crippen molar-refractivity contribution in [3.8, 4) is 0 Å². The first kappa shape index (κ1) is 26.1. The maximum absolute atomic E-state index is 5.17. The van der Waals surface area contributed by atoms with Gasteiger partial charge in [-0.1, -0.05) is 26.7 Å². The van der Waals surface area contributed by atoms with Gasteiger partial charge in [0.05, 0.1) is 0 Å². The standard InChI is InChI=1S/2C6H16O3Si.H3N/c2*1-5-6-10(7-2,8-3)9-4;/h2*5-6H2,1-4H3;1H3. The third kappa shape index (κ3) is 9.71. The monoisotopic (exact) mass is 345 g/mol. The third-order valence-electron chi connectivity index (χ3n) is 2.98. The van der Waals surface area contributed by atoms with E-state index in [2.05, 4.69) is 13.8 Å². The van der Waals surface area contributed by atoms with Crippen LogP contribution in [0.25, 0.3) is 0 Å². The van der Waals surface area contributed by atoms with Gasteiger partial charge in [-0.15, -0.1) is 0 Å². The Balaban J connectivity index is -0.000000295. The first-order valence-electron chi connectivity index (χ1n) is 6.80. The van der Waals surface area contributed by atoms with Crippen molar-refractivity contribution in [1.29, 1.82) is 0 Å². The summed E-state index contributed by atoms with van der Waals surface area (Å²) in [6.45, 7) is 4.16. The predicted octanol–water partition coefficient (Wildman–Crippen LogP) is 2.71. The van der Waals surface area contributed by atoms with Crippen LogP contribution in [0.2, 0.25) is 12.1 Å². The predicted molar refractivity (Wildman–Crippen MR) is 88.8 cm³/mol. The van der Waals surface area contributed by atoms with E-state index >= 15 is 0 Å². The second-order valence-electron chi connectivity index (χ2n) is 4.09. The summed E-state index contributed by atoms with van der Waals surface area (Å²) in [5.41, 5.74) is 0. The minimum atomic E-state index is -2.22. The van der Waals surface area contributed by atoms with E-state index in [1.54, 1.807) is 42.7 Å². The Morgan fingerprint density at radius 2 is 0.714 bits per heavy atom. The van der Waals surface area contributed by atoms with E-state index in [1.807, 2.05) is 0 Å². The van der Waals surface area contributed by atoms with E-state index in [-0.39, 0.29) is 6.15 Å². The molecule has 21 heavy (non-hydrogen) atoms. The summed E-state index contributed by atoms with van der Waals surface area (Å²) in [5.74, 6) is 0. The average Bonchev–Trinajstić information content (AvgIpc) is 2.51.